The van der Waals surface area contributed by atoms with E-state index >= 15 is 0 Å². The molecular formula is C120H156F4N8O16. The van der Waals surface area contributed by atoms with E-state index in [0.29, 0.717) is 140 Å². The van der Waals surface area contributed by atoms with E-state index in [0.717, 1.165) is 162 Å². The first-order valence-corrected chi connectivity index (χ1v) is 54.0. The summed E-state index contributed by atoms with van der Waals surface area (Å²) in [6.07, 6.45) is 10.3. The number of carboxylic acids is 4. The van der Waals surface area contributed by atoms with Crippen LogP contribution >= 0.6 is 0 Å². The summed E-state index contributed by atoms with van der Waals surface area (Å²) in [5, 5.41) is 37.2. The van der Waals surface area contributed by atoms with Gasteiger partial charge in [-0.15, -0.1) is 0 Å². The molecule has 0 saturated carbocycles. The van der Waals surface area contributed by atoms with Crippen LogP contribution in [0, 0.1) is 82.4 Å². The molecule has 0 aromatic heterocycles. The van der Waals surface area contributed by atoms with Crippen molar-refractivity contribution in [1.29, 1.82) is 0 Å². The Morgan fingerprint density at radius 3 is 0.872 bits per heavy atom. The third-order valence-corrected chi connectivity index (χ3v) is 30.3. The minimum Gasteiger partial charge on any atom is -0.494 e. The summed E-state index contributed by atoms with van der Waals surface area (Å²) >= 11 is 0. The lowest BCUT2D eigenvalue weighted by molar-refractivity contribution is -0.138. The van der Waals surface area contributed by atoms with Crippen molar-refractivity contribution < 1.29 is 95.1 Å². The Labute approximate surface area is 872 Å². The standard InChI is InChI=1S/C33H39FN2O4.C30H41FN2O4.C29H39FN2O4.C28H37FN2O4/c1-3-39-29-13-14-30(34)31(20-29)35-16-15-32(25(22-35)18-24-7-5-4-6-8-24)40-28-11-9-26(10-12-28)36-21-23(2)17-27(36)19-33(37)38;1-5-36-26-10-11-27(31)28(17-26)32-13-12-29(22(19-32)14-20(2)3)37-25-8-6-23(7-9-25)33-18-21(4)15-24(33)16-30(34)35;1-5-35-24-10-11-26(30)27(16-24)31-13-12-28(25(18-31)19(2)3)36-23-8-6-21(7-9-23)32-17-20(4)14-22(32)15-29(33)34;1-4-20-18-30(26-16-24(34-5-2)10-11-25(26)29)13-12-27(20)35-23-8-6-21(7-9-23)31-17-19(3)14-22(31)15-28(32)33/h4-14,20,23,25,27,32H,3,15-19,21-22H2,1-2H3,(H,37,38);6-11,17,20-22,24,29H,5,12-16,18-19H2,1-4H3,(H,34,35);6-11,16,19-20,22,25,28H,5,12-15,17-18H2,1-4H3,(H,33,34);6-11,16,19-20,22,27H,4-5,12-15,17-18H2,1-3H3,(H,32,33)/t23-,25?,27-,32?;21-,22?,24-,29?;20-,22-,25?,28?;19-,20?,22-,27?/m1111/s1. The summed E-state index contributed by atoms with van der Waals surface area (Å²) in [5.74, 6) is 5.75. The predicted octanol–water partition coefficient (Wildman–Crippen LogP) is 24.1. The van der Waals surface area contributed by atoms with Crippen LogP contribution in [0.5, 0.6) is 46.0 Å². The summed E-state index contributed by atoms with van der Waals surface area (Å²) < 4.78 is 107. The van der Waals surface area contributed by atoms with Crippen LogP contribution in [0.15, 0.2) is 200 Å². The second-order valence-corrected chi connectivity index (χ2v) is 42.6. The number of hydrogen-bond donors (Lipinski definition) is 4. The maximum atomic E-state index is 14.9. The van der Waals surface area contributed by atoms with Gasteiger partial charge in [0.1, 0.15) is 93.7 Å². The molecule has 0 radical (unpaired) electrons. The average molecular weight is 2040 g/mol. The maximum Gasteiger partial charge on any atom is 0.305 e. The third kappa shape index (κ3) is 30.4. The lowest BCUT2D eigenvalue weighted by Gasteiger charge is -2.41. The van der Waals surface area contributed by atoms with Gasteiger partial charge < -0.3 is 97.5 Å². The van der Waals surface area contributed by atoms with Crippen LogP contribution in [0.3, 0.4) is 0 Å². The molecule has 8 unspecified atom stereocenters. The molecule has 17 rings (SSSR count). The molecule has 8 saturated heterocycles. The number of aliphatic carboxylic acids is 4. The molecule has 28 heteroatoms. The van der Waals surface area contributed by atoms with E-state index in [1.807, 2.05) is 149 Å². The first-order chi connectivity index (χ1) is 71.2. The van der Waals surface area contributed by atoms with Gasteiger partial charge in [0.15, 0.2) is 0 Å². The lowest BCUT2D eigenvalue weighted by atomic mass is 9.85. The van der Waals surface area contributed by atoms with Crippen LogP contribution in [0.25, 0.3) is 0 Å². The summed E-state index contributed by atoms with van der Waals surface area (Å²) in [6.45, 7) is 38.7. The van der Waals surface area contributed by atoms with Crippen molar-refractivity contribution in [3.8, 4) is 46.0 Å². The minimum absolute atomic E-state index is 0.0143. The quantitative estimate of drug-likeness (QED) is 0.0263. The van der Waals surface area contributed by atoms with Crippen molar-refractivity contribution in [2.45, 2.75) is 235 Å². The normalized spacial score (nSPS) is 23.8. The molecule has 9 aromatic carbocycles. The topological polar surface area (TPSA) is 249 Å². The van der Waals surface area contributed by atoms with Crippen molar-refractivity contribution in [1.82, 2.24) is 0 Å². The van der Waals surface area contributed by atoms with Gasteiger partial charge in [-0.3, -0.25) is 19.2 Å². The number of ether oxygens (including phenoxy) is 8. The van der Waals surface area contributed by atoms with Gasteiger partial charge in [0.25, 0.3) is 0 Å². The zero-order chi connectivity index (χ0) is 105. The minimum atomic E-state index is -0.760. The van der Waals surface area contributed by atoms with Crippen LogP contribution in [-0.2, 0) is 25.6 Å². The Hall–Kier alpha value is -12.6. The van der Waals surface area contributed by atoms with Crippen LogP contribution < -0.4 is 77.1 Å². The second kappa shape index (κ2) is 53.0. The molecule has 16 atom stereocenters. The number of carbonyl (C=O) groups is 4. The molecule has 4 N–H and O–H groups in total. The molecule has 148 heavy (non-hydrogen) atoms. The Bertz CT molecular complexity index is 5720. The van der Waals surface area contributed by atoms with Crippen LogP contribution in [0.2, 0.25) is 0 Å². The molecule has 0 aliphatic carbocycles. The second-order valence-electron chi connectivity index (χ2n) is 42.6. The molecule has 800 valence electrons. The summed E-state index contributed by atoms with van der Waals surface area (Å²) in [5.41, 5.74) is 7.73. The Morgan fingerprint density at radius 1 is 0.324 bits per heavy atom. The van der Waals surface area contributed by atoms with Crippen molar-refractivity contribution in [3.63, 3.8) is 0 Å². The van der Waals surface area contributed by atoms with E-state index < -0.39 is 23.9 Å². The highest BCUT2D eigenvalue weighted by Gasteiger charge is 2.42. The molecule has 9 aromatic rings. The van der Waals surface area contributed by atoms with E-state index in [1.54, 1.807) is 42.5 Å². The number of nitrogens with zero attached hydrogens (tertiary/aromatic N) is 8. The van der Waals surface area contributed by atoms with E-state index in [-0.39, 0.29) is 121 Å². The number of piperidine rings is 4. The van der Waals surface area contributed by atoms with Gasteiger partial charge in [0.2, 0.25) is 0 Å². The van der Waals surface area contributed by atoms with Crippen LogP contribution in [0.4, 0.5) is 63.1 Å². The van der Waals surface area contributed by atoms with Gasteiger partial charge in [-0.2, -0.15) is 0 Å². The number of hydrogen-bond acceptors (Lipinski definition) is 20. The lowest BCUT2D eigenvalue weighted by Crippen LogP contribution is -2.48. The first-order valence-electron chi connectivity index (χ1n) is 54.0. The van der Waals surface area contributed by atoms with Gasteiger partial charge in [0.05, 0.1) is 74.9 Å². The van der Waals surface area contributed by atoms with Crippen LogP contribution in [-0.4, -0.2) is 198 Å². The number of carboxylic acid groups (broad SMARTS) is 4. The molecule has 24 nitrogen and oxygen atoms in total. The molecule has 0 bridgehead atoms. The first kappa shape index (κ1) is 111. The largest absolute Gasteiger partial charge is 0.494 e. The van der Waals surface area contributed by atoms with Crippen molar-refractivity contribution in [2.75, 3.05) is 144 Å². The summed E-state index contributed by atoms with van der Waals surface area (Å²) in [6, 6.07) is 62.6. The van der Waals surface area contributed by atoms with Crippen LogP contribution in [0.1, 0.15) is 185 Å². The molecule has 8 heterocycles. The van der Waals surface area contributed by atoms with Gasteiger partial charge in [-0.1, -0.05) is 92.6 Å². The highest BCUT2D eigenvalue weighted by Crippen LogP contribution is 2.44. The Morgan fingerprint density at radius 2 is 0.588 bits per heavy atom. The number of anilines is 8. The fourth-order valence-corrected chi connectivity index (χ4v) is 23.4. The highest BCUT2D eigenvalue weighted by molar-refractivity contribution is 5.72. The fraction of sp³-hybridized carbons (Fsp3) is 0.517. The SMILES string of the molecule is CCOc1ccc(F)c(N2CCC(Oc3ccc(N4C[C@H](C)C[C@@H]4CC(=O)O)cc3)C(C(C)C)C2)c1.CCOc1ccc(F)c(N2CCC(Oc3ccc(N4C[C@H](C)C[C@@H]4CC(=O)O)cc3)C(CC(C)C)C2)c1.CCOc1ccc(F)c(N2CCC(Oc3ccc(N4C[C@H](C)C[C@@H]4CC(=O)O)cc3)C(CC)C2)c1.CCOc1ccc(F)c(N2CCC(Oc3ccc(N4C[C@H](C)C[C@@H]4CC(=O)O)cc3)C(Cc3ccccc3)C2)c1. The molecule has 8 fully saturated rings. The van der Waals surface area contributed by atoms with Crippen molar-refractivity contribution in [3.05, 3.63) is 229 Å². The van der Waals surface area contributed by atoms with Crippen molar-refractivity contribution >= 4 is 69.4 Å². The van der Waals surface area contributed by atoms with E-state index in [1.165, 1.54) is 29.8 Å². The van der Waals surface area contributed by atoms with Crippen molar-refractivity contribution in [2.24, 2.45) is 59.2 Å². The maximum absolute atomic E-state index is 14.9. The van der Waals surface area contributed by atoms with Gasteiger partial charge in [0, 0.05) is 199 Å². The van der Waals surface area contributed by atoms with E-state index in [9.17, 15) is 57.2 Å². The number of benzene rings is 9. The Kier molecular flexibility index (Phi) is 39.8. The number of rotatable bonds is 38. The number of halogens is 4. The van der Waals surface area contributed by atoms with Gasteiger partial charge >= 0.3 is 23.9 Å². The zero-order valence-electron chi connectivity index (χ0n) is 88.6. The van der Waals surface area contributed by atoms with E-state index in [4.69, 9.17) is 37.9 Å². The molecule has 0 amide bonds. The predicted molar refractivity (Wildman–Crippen MR) is 578 cm³/mol. The third-order valence-electron chi connectivity index (χ3n) is 30.3. The molecular weight excluding hydrogens is 1890 g/mol. The zero-order valence-corrected chi connectivity index (χ0v) is 88.6. The molecule has 8 aliphatic rings. The monoisotopic (exact) mass is 2040 g/mol. The molecule has 0 spiro atoms. The van der Waals surface area contributed by atoms with Gasteiger partial charge in [-0.25, -0.2) is 17.6 Å². The summed E-state index contributed by atoms with van der Waals surface area (Å²) in [7, 11) is 0. The van der Waals surface area contributed by atoms with Gasteiger partial charge in [-0.05, 0) is 259 Å². The Balaban J connectivity index is 0.000000156. The summed E-state index contributed by atoms with van der Waals surface area (Å²) in [4.78, 5) is 62.6. The highest BCUT2D eigenvalue weighted by atomic mass is 19.1. The molecule has 8 aliphatic heterocycles. The smallest absolute Gasteiger partial charge is 0.305 e. The van der Waals surface area contributed by atoms with E-state index in [2.05, 4.69) is 114 Å². The average Bonchev–Trinajstić information content (AvgIpc) is 1.13. The fourth-order valence-electron chi connectivity index (χ4n) is 23.4.